The van der Waals surface area contributed by atoms with Gasteiger partial charge in [0, 0.05) is 17.1 Å². The molecule has 1 amide bonds. The highest BCUT2D eigenvalue weighted by Gasteiger charge is 2.10. The van der Waals surface area contributed by atoms with Crippen LogP contribution in [0.4, 0.5) is 0 Å². The molecule has 0 saturated carbocycles. The molecule has 7 heteroatoms. The van der Waals surface area contributed by atoms with Gasteiger partial charge < -0.3 is 14.8 Å². The van der Waals surface area contributed by atoms with Crippen molar-refractivity contribution in [3.8, 4) is 5.75 Å². The Kier molecular flexibility index (Phi) is 7.17. The Balaban J connectivity index is 1.71. The van der Waals surface area contributed by atoms with Crippen LogP contribution in [0.15, 0.2) is 48.5 Å². The fourth-order valence-electron chi connectivity index (χ4n) is 2.02. The maximum Gasteiger partial charge on any atom is 0.344 e. The molecule has 136 valence electrons. The summed E-state index contributed by atoms with van der Waals surface area (Å²) in [4.78, 5) is 34.7. The highest BCUT2D eigenvalue weighted by atomic mass is 35.5. The smallest absolute Gasteiger partial charge is 0.344 e. The van der Waals surface area contributed by atoms with Gasteiger partial charge in [0.25, 0.3) is 5.91 Å². The minimum atomic E-state index is -0.689. The number of hydrogen-bond acceptors (Lipinski definition) is 5. The summed E-state index contributed by atoms with van der Waals surface area (Å²) < 4.78 is 10.1. The summed E-state index contributed by atoms with van der Waals surface area (Å²) in [6.07, 6.45) is 0. The van der Waals surface area contributed by atoms with Crippen molar-refractivity contribution in [3.05, 3.63) is 64.7 Å². The van der Waals surface area contributed by atoms with E-state index in [9.17, 15) is 14.4 Å². The van der Waals surface area contributed by atoms with E-state index in [0.29, 0.717) is 16.3 Å². The maximum atomic E-state index is 11.7. The molecule has 2 rings (SSSR count). The molecule has 0 aliphatic carbocycles. The lowest BCUT2D eigenvalue weighted by atomic mass is 10.1. The number of esters is 1. The van der Waals surface area contributed by atoms with E-state index in [2.05, 4.69) is 5.32 Å². The SMILES string of the molecule is CC(=O)c1cccc(OCC(=O)OCC(=O)NCc2ccccc2Cl)c1. The molecular formula is C19H18ClNO5. The molecule has 0 saturated heterocycles. The summed E-state index contributed by atoms with van der Waals surface area (Å²) in [6.45, 7) is 0.901. The number of ketones is 1. The molecule has 2 aromatic rings. The van der Waals surface area contributed by atoms with Crippen LogP contribution >= 0.6 is 11.6 Å². The molecule has 0 aliphatic heterocycles. The fourth-order valence-corrected chi connectivity index (χ4v) is 2.22. The summed E-state index contributed by atoms with van der Waals surface area (Å²) in [7, 11) is 0. The quantitative estimate of drug-likeness (QED) is 0.566. The predicted octanol–water partition coefficient (Wildman–Crippen LogP) is 2.78. The molecule has 1 N–H and O–H groups in total. The van der Waals surface area contributed by atoms with E-state index >= 15 is 0 Å². The number of ether oxygens (including phenoxy) is 2. The standard InChI is InChI=1S/C19H18ClNO5/c1-13(22)14-6-4-7-16(9-14)25-12-19(24)26-11-18(23)21-10-15-5-2-3-8-17(15)20/h2-9H,10-12H2,1H3,(H,21,23). The monoisotopic (exact) mass is 375 g/mol. The molecule has 0 spiro atoms. The Labute approximate surface area is 156 Å². The minimum absolute atomic E-state index is 0.104. The summed E-state index contributed by atoms with van der Waals surface area (Å²) in [5.41, 5.74) is 1.25. The number of carbonyl (C=O) groups is 3. The van der Waals surface area contributed by atoms with Gasteiger partial charge in [0.2, 0.25) is 0 Å². The van der Waals surface area contributed by atoms with Gasteiger partial charge in [-0.2, -0.15) is 0 Å². The molecule has 0 bridgehead atoms. The van der Waals surface area contributed by atoms with Crippen LogP contribution in [0.5, 0.6) is 5.75 Å². The summed E-state index contributed by atoms with van der Waals surface area (Å²) >= 11 is 5.99. The van der Waals surface area contributed by atoms with Gasteiger partial charge in [-0.25, -0.2) is 4.79 Å². The molecule has 2 aromatic carbocycles. The van der Waals surface area contributed by atoms with E-state index < -0.39 is 18.5 Å². The molecule has 6 nitrogen and oxygen atoms in total. The van der Waals surface area contributed by atoms with Crippen molar-refractivity contribution in [2.75, 3.05) is 13.2 Å². The van der Waals surface area contributed by atoms with Crippen molar-refractivity contribution in [1.82, 2.24) is 5.32 Å². The zero-order chi connectivity index (χ0) is 18.9. The van der Waals surface area contributed by atoms with Gasteiger partial charge in [0.05, 0.1) is 0 Å². The van der Waals surface area contributed by atoms with Crippen molar-refractivity contribution in [1.29, 1.82) is 0 Å². The summed E-state index contributed by atoms with van der Waals surface area (Å²) in [5.74, 6) is -0.867. The van der Waals surface area contributed by atoms with Crippen LogP contribution in [0, 0.1) is 0 Å². The first-order valence-electron chi connectivity index (χ1n) is 7.85. The molecule has 26 heavy (non-hydrogen) atoms. The first-order valence-corrected chi connectivity index (χ1v) is 8.23. The Bertz CT molecular complexity index is 806. The largest absolute Gasteiger partial charge is 0.482 e. The van der Waals surface area contributed by atoms with Crippen LogP contribution in [-0.2, 0) is 20.9 Å². The normalized spacial score (nSPS) is 10.1. The van der Waals surface area contributed by atoms with Crippen molar-refractivity contribution in [2.45, 2.75) is 13.5 Å². The highest BCUT2D eigenvalue weighted by molar-refractivity contribution is 6.31. The number of hydrogen-bond donors (Lipinski definition) is 1. The first kappa shape index (κ1) is 19.5. The number of carbonyl (C=O) groups excluding carboxylic acids is 3. The van der Waals surface area contributed by atoms with Crippen LogP contribution in [0.1, 0.15) is 22.8 Å². The van der Waals surface area contributed by atoms with Crippen LogP contribution in [-0.4, -0.2) is 30.9 Å². The second-order valence-corrected chi connectivity index (χ2v) is 5.81. The fraction of sp³-hybridized carbons (Fsp3) is 0.211. The second kappa shape index (κ2) is 9.58. The number of Topliss-reactive ketones (excluding diaryl/α,β-unsaturated/α-hetero) is 1. The van der Waals surface area contributed by atoms with E-state index in [1.165, 1.54) is 13.0 Å². The van der Waals surface area contributed by atoms with Crippen LogP contribution in [0.3, 0.4) is 0 Å². The van der Waals surface area contributed by atoms with Gasteiger partial charge in [-0.1, -0.05) is 41.9 Å². The maximum absolute atomic E-state index is 11.7. The lowest BCUT2D eigenvalue weighted by Gasteiger charge is -2.09. The van der Waals surface area contributed by atoms with Crippen LogP contribution < -0.4 is 10.1 Å². The molecule has 0 aromatic heterocycles. The van der Waals surface area contributed by atoms with Crippen LogP contribution in [0.2, 0.25) is 5.02 Å². The third-order valence-corrected chi connectivity index (χ3v) is 3.76. The zero-order valence-electron chi connectivity index (χ0n) is 14.2. The van der Waals surface area contributed by atoms with Gasteiger partial charge in [-0.15, -0.1) is 0 Å². The molecule has 0 fully saturated rings. The average molecular weight is 376 g/mol. The highest BCUT2D eigenvalue weighted by Crippen LogP contribution is 2.14. The molecule has 0 atom stereocenters. The molecular weight excluding hydrogens is 358 g/mol. The number of halogens is 1. The molecule has 0 aliphatic rings. The zero-order valence-corrected chi connectivity index (χ0v) is 14.9. The average Bonchev–Trinajstić information content (AvgIpc) is 2.64. The van der Waals surface area contributed by atoms with Crippen molar-refractivity contribution < 1.29 is 23.9 Å². The van der Waals surface area contributed by atoms with E-state index in [-0.39, 0.29) is 18.9 Å². The predicted molar refractivity (Wildman–Crippen MR) is 96.2 cm³/mol. The van der Waals surface area contributed by atoms with Gasteiger partial charge in [0.15, 0.2) is 19.0 Å². The number of amides is 1. The Hall–Kier alpha value is -2.86. The third-order valence-electron chi connectivity index (χ3n) is 3.40. The number of nitrogens with one attached hydrogen (secondary N) is 1. The Morgan fingerprint density at radius 3 is 2.54 bits per heavy atom. The van der Waals surface area contributed by atoms with E-state index in [0.717, 1.165) is 5.56 Å². The minimum Gasteiger partial charge on any atom is -0.482 e. The van der Waals surface area contributed by atoms with Gasteiger partial charge >= 0.3 is 5.97 Å². The van der Waals surface area contributed by atoms with Crippen molar-refractivity contribution in [3.63, 3.8) is 0 Å². The third kappa shape index (κ3) is 6.22. The molecule has 0 radical (unpaired) electrons. The molecule has 0 unspecified atom stereocenters. The Morgan fingerprint density at radius 1 is 1.04 bits per heavy atom. The lowest BCUT2D eigenvalue weighted by molar-refractivity contribution is -0.150. The number of rotatable bonds is 8. The van der Waals surface area contributed by atoms with E-state index in [1.807, 2.05) is 6.07 Å². The van der Waals surface area contributed by atoms with Gasteiger partial charge in [0.1, 0.15) is 5.75 Å². The van der Waals surface area contributed by atoms with Crippen LogP contribution in [0.25, 0.3) is 0 Å². The first-order chi connectivity index (χ1) is 12.5. The topological polar surface area (TPSA) is 81.7 Å². The number of benzene rings is 2. The van der Waals surface area contributed by atoms with Crippen molar-refractivity contribution >= 4 is 29.3 Å². The Morgan fingerprint density at radius 2 is 1.81 bits per heavy atom. The second-order valence-electron chi connectivity index (χ2n) is 5.40. The molecule has 0 heterocycles. The van der Waals surface area contributed by atoms with E-state index in [4.69, 9.17) is 21.1 Å². The van der Waals surface area contributed by atoms with Gasteiger partial charge in [-0.05, 0) is 30.7 Å². The van der Waals surface area contributed by atoms with E-state index in [1.54, 1.807) is 36.4 Å². The lowest BCUT2D eigenvalue weighted by Crippen LogP contribution is -2.29. The van der Waals surface area contributed by atoms with Crippen molar-refractivity contribution in [2.24, 2.45) is 0 Å². The summed E-state index contributed by atoms with van der Waals surface area (Å²) in [6, 6.07) is 13.6. The van der Waals surface area contributed by atoms with Gasteiger partial charge in [-0.3, -0.25) is 9.59 Å². The summed E-state index contributed by atoms with van der Waals surface area (Å²) in [5, 5.41) is 3.16.